The van der Waals surface area contributed by atoms with Gasteiger partial charge in [-0.2, -0.15) is 0 Å². The lowest BCUT2D eigenvalue weighted by atomic mass is 10.2. The van der Waals surface area contributed by atoms with Gasteiger partial charge in [-0.3, -0.25) is 9.59 Å². The summed E-state index contributed by atoms with van der Waals surface area (Å²) >= 11 is 0. The molecule has 9 nitrogen and oxygen atoms in total. The van der Waals surface area contributed by atoms with Crippen LogP contribution in [0.5, 0.6) is 11.5 Å². The molecule has 2 aromatic carbocycles. The van der Waals surface area contributed by atoms with Crippen LogP contribution in [0.15, 0.2) is 75.4 Å². The summed E-state index contributed by atoms with van der Waals surface area (Å²) in [6.07, 6.45) is 1.95. The Balaban J connectivity index is 1.53. The highest BCUT2D eigenvalue weighted by Crippen LogP contribution is 2.32. The Hall–Kier alpha value is -4.18. The fourth-order valence-corrected chi connectivity index (χ4v) is 5.52. The van der Waals surface area contributed by atoms with Crippen LogP contribution in [-0.2, 0) is 27.6 Å². The summed E-state index contributed by atoms with van der Waals surface area (Å²) in [5.41, 5.74) is 1.66. The van der Waals surface area contributed by atoms with Crippen LogP contribution in [-0.4, -0.2) is 37.1 Å². The number of nitrogens with one attached hydrogen (secondary N) is 1. The number of sulfone groups is 1. The van der Waals surface area contributed by atoms with E-state index in [2.05, 4.69) is 10.3 Å². The third-order valence-electron chi connectivity index (χ3n) is 6.10. The van der Waals surface area contributed by atoms with Crippen LogP contribution < -0.4 is 20.2 Å². The number of benzene rings is 2. The van der Waals surface area contributed by atoms with Gasteiger partial charge in [0.2, 0.25) is 21.2 Å². The maximum atomic E-state index is 13.5. The van der Waals surface area contributed by atoms with Gasteiger partial charge in [-0.15, -0.1) is 0 Å². The summed E-state index contributed by atoms with van der Waals surface area (Å²) in [6.45, 7) is 4.33. The van der Waals surface area contributed by atoms with Gasteiger partial charge in [-0.25, -0.2) is 13.4 Å². The average Bonchev–Trinajstić information content (AvgIpc) is 2.90. The second-order valence-corrected chi connectivity index (χ2v) is 10.6. The predicted octanol–water partition coefficient (Wildman–Crippen LogP) is 3.51. The SMILES string of the molecule is CCc1ccc(S(=O)(=O)c2cn(CC(=O)Nc3ccc4c(c3)OCCO4)c3nc(C)ccc3c2=O)cc1. The third kappa shape index (κ3) is 4.79. The normalized spacial score (nSPS) is 12.9. The molecular weight excluding hydrogens is 494 g/mol. The number of ether oxygens (including phenoxy) is 2. The molecule has 1 amide bonds. The topological polar surface area (TPSA) is 117 Å². The van der Waals surface area contributed by atoms with E-state index in [1.807, 2.05) is 6.92 Å². The monoisotopic (exact) mass is 519 g/mol. The second-order valence-electron chi connectivity index (χ2n) is 8.68. The fourth-order valence-electron chi connectivity index (χ4n) is 4.15. The first-order chi connectivity index (χ1) is 17.8. The smallest absolute Gasteiger partial charge is 0.244 e. The van der Waals surface area contributed by atoms with Gasteiger partial charge in [0.1, 0.15) is 30.3 Å². The number of aromatic nitrogens is 2. The summed E-state index contributed by atoms with van der Waals surface area (Å²) in [6, 6.07) is 14.6. The van der Waals surface area contributed by atoms with Crippen molar-refractivity contribution in [2.75, 3.05) is 18.5 Å². The summed E-state index contributed by atoms with van der Waals surface area (Å²) in [5, 5.41) is 2.90. The number of carbonyl (C=O) groups is 1. The molecule has 5 rings (SSSR count). The molecule has 0 atom stereocenters. The molecular formula is C27H25N3O6S. The molecule has 0 spiro atoms. The number of fused-ring (bicyclic) bond motifs is 2. The van der Waals surface area contributed by atoms with E-state index in [9.17, 15) is 18.0 Å². The van der Waals surface area contributed by atoms with Crippen molar-refractivity contribution in [1.82, 2.24) is 9.55 Å². The molecule has 10 heteroatoms. The maximum Gasteiger partial charge on any atom is 0.244 e. The highest BCUT2D eigenvalue weighted by Gasteiger charge is 2.25. The predicted molar refractivity (Wildman–Crippen MR) is 138 cm³/mol. The number of hydrogen-bond acceptors (Lipinski definition) is 7. The van der Waals surface area contributed by atoms with Crippen molar-refractivity contribution in [2.45, 2.75) is 36.6 Å². The molecule has 0 unspecified atom stereocenters. The van der Waals surface area contributed by atoms with E-state index in [0.717, 1.165) is 12.0 Å². The summed E-state index contributed by atoms with van der Waals surface area (Å²) in [5.74, 6) is 0.690. The molecule has 0 radical (unpaired) electrons. The lowest BCUT2D eigenvalue weighted by molar-refractivity contribution is -0.116. The van der Waals surface area contributed by atoms with Crippen molar-refractivity contribution < 1.29 is 22.7 Å². The number of hydrogen-bond donors (Lipinski definition) is 1. The lowest BCUT2D eigenvalue weighted by Gasteiger charge is -2.19. The minimum absolute atomic E-state index is 0.00787. The number of amides is 1. The number of carbonyl (C=O) groups excluding carboxylic acids is 1. The Kier molecular flexibility index (Phi) is 6.43. The van der Waals surface area contributed by atoms with Crippen LogP contribution in [0.3, 0.4) is 0 Å². The molecule has 190 valence electrons. The van der Waals surface area contributed by atoms with Gasteiger partial charge in [0, 0.05) is 23.6 Å². The van der Waals surface area contributed by atoms with Gasteiger partial charge in [0.25, 0.3) is 0 Å². The summed E-state index contributed by atoms with van der Waals surface area (Å²) in [4.78, 5) is 30.3. The minimum Gasteiger partial charge on any atom is -0.486 e. The van der Waals surface area contributed by atoms with Crippen LogP contribution in [0, 0.1) is 6.92 Å². The molecule has 0 bridgehead atoms. The second kappa shape index (κ2) is 9.70. The zero-order chi connectivity index (χ0) is 26.2. The number of anilines is 1. The number of nitrogens with zero attached hydrogens (tertiary/aromatic N) is 2. The minimum atomic E-state index is -4.15. The van der Waals surface area contributed by atoms with E-state index in [0.29, 0.717) is 36.1 Å². The van der Waals surface area contributed by atoms with Crippen molar-refractivity contribution in [2.24, 2.45) is 0 Å². The van der Waals surface area contributed by atoms with E-state index in [1.54, 1.807) is 43.3 Å². The molecule has 0 aliphatic carbocycles. The van der Waals surface area contributed by atoms with Gasteiger partial charge < -0.3 is 19.4 Å². The molecule has 0 saturated heterocycles. The van der Waals surface area contributed by atoms with Crippen molar-refractivity contribution in [1.29, 1.82) is 0 Å². The molecule has 1 aliphatic heterocycles. The standard InChI is InChI=1S/C27H25N3O6S/c1-3-18-5-8-20(9-6-18)37(33,34)24-15-30(27-21(26(24)32)10-4-17(2)28-27)16-25(31)29-19-7-11-22-23(14-19)36-13-12-35-22/h4-11,14-15H,3,12-13,16H2,1-2H3,(H,29,31). The largest absolute Gasteiger partial charge is 0.486 e. The number of pyridine rings is 2. The Morgan fingerprint density at radius 1 is 1.03 bits per heavy atom. The third-order valence-corrected chi connectivity index (χ3v) is 7.86. The molecule has 0 saturated carbocycles. The highest BCUT2D eigenvalue weighted by molar-refractivity contribution is 7.91. The van der Waals surface area contributed by atoms with Crippen LogP contribution in [0.4, 0.5) is 5.69 Å². The number of aryl methyl sites for hydroxylation is 2. The van der Waals surface area contributed by atoms with Gasteiger partial charge in [-0.05, 0) is 55.3 Å². The zero-order valence-corrected chi connectivity index (χ0v) is 21.2. The Morgan fingerprint density at radius 3 is 2.49 bits per heavy atom. The van der Waals surface area contributed by atoms with Crippen LogP contribution in [0.2, 0.25) is 0 Å². The molecule has 4 aromatic rings. The Morgan fingerprint density at radius 2 is 1.76 bits per heavy atom. The van der Waals surface area contributed by atoms with Crippen molar-refractivity contribution >= 4 is 32.5 Å². The summed E-state index contributed by atoms with van der Waals surface area (Å²) < 4.78 is 39.4. The van der Waals surface area contributed by atoms with Crippen molar-refractivity contribution in [3.63, 3.8) is 0 Å². The first-order valence-electron chi connectivity index (χ1n) is 11.8. The quantitative estimate of drug-likeness (QED) is 0.414. The Labute approximate surface area is 213 Å². The summed E-state index contributed by atoms with van der Waals surface area (Å²) in [7, 11) is -4.15. The first-order valence-corrected chi connectivity index (χ1v) is 13.3. The van der Waals surface area contributed by atoms with E-state index in [-0.39, 0.29) is 22.5 Å². The molecule has 37 heavy (non-hydrogen) atoms. The van der Waals surface area contributed by atoms with Crippen LogP contribution in [0.25, 0.3) is 11.0 Å². The zero-order valence-electron chi connectivity index (χ0n) is 20.4. The molecule has 1 aliphatic rings. The van der Waals surface area contributed by atoms with Crippen molar-refractivity contribution in [3.05, 3.63) is 82.3 Å². The van der Waals surface area contributed by atoms with Gasteiger partial charge in [0.15, 0.2) is 11.5 Å². The van der Waals surface area contributed by atoms with Gasteiger partial charge in [-0.1, -0.05) is 19.1 Å². The van der Waals surface area contributed by atoms with E-state index in [1.165, 1.54) is 29.0 Å². The highest BCUT2D eigenvalue weighted by atomic mass is 32.2. The molecule has 2 aromatic heterocycles. The van der Waals surface area contributed by atoms with Crippen LogP contribution in [0.1, 0.15) is 18.2 Å². The van der Waals surface area contributed by atoms with E-state index in [4.69, 9.17) is 9.47 Å². The molecule has 0 fully saturated rings. The van der Waals surface area contributed by atoms with Gasteiger partial charge in [0.05, 0.1) is 10.3 Å². The molecule has 1 N–H and O–H groups in total. The first kappa shape index (κ1) is 24.5. The average molecular weight is 520 g/mol. The fraction of sp³-hybridized carbons (Fsp3) is 0.222. The number of rotatable bonds is 6. The van der Waals surface area contributed by atoms with Crippen molar-refractivity contribution in [3.8, 4) is 11.5 Å². The lowest BCUT2D eigenvalue weighted by Crippen LogP contribution is -2.24. The van der Waals surface area contributed by atoms with E-state index < -0.39 is 26.1 Å². The maximum absolute atomic E-state index is 13.5. The van der Waals surface area contributed by atoms with E-state index >= 15 is 0 Å². The molecule has 3 heterocycles. The Bertz CT molecular complexity index is 1680. The van der Waals surface area contributed by atoms with Gasteiger partial charge >= 0.3 is 0 Å². The van der Waals surface area contributed by atoms with Crippen LogP contribution >= 0.6 is 0 Å².